The summed E-state index contributed by atoms with van der Waals surface area (Å²) in [6.07, 6.45) is 2.26. The predicted octanol–water partition coefficient (Wildman–Crippen LogP) is 3.08. The quantitative estimate of drug-likeness (QED) is 0.887. The van der Waals surface area contributed by atoms with E-state index in [9.17, 15) is 0 Å². The molecule has 1 aliphatic rings. The summed E-state index contributed by atoms with van der Waals surface area (Å²) in [5.41, 5.74) is 10.2. The van der Waals surface area contributed by atoms with Gasteiger partial charge in [-0.05, 0) is 43.0 Å². The van der Waals surface area contributed by atoms with E-state index in [-0.39, 0.29) is 0 Å². The summed E-state index contributed by atoms with van der Waals surface area (Å²) in [5.74, 6) is 0. The second-order valence-electron chi connectivity index (χ2n) is 6.78. The average Bonchev–Trinajstić information content (AvgIpc) is 2.64. The molecule has 2 aromatic carbocycles. The zero-order valence-corrected chi connectivity index (χ0v) is 14.7. The lowest BCUT2D eigenvalue weighted by Gasteiger charge is -2.40. The van der Waals surface area contributed by atoms with Crippen molar-refractivity contribution < 1.29 is 0 Å². The van der Waals surface area contributed by atoms with E-state index < -0.39 is 0 Å². The predicted molar refractivity (Wildman–Crippen MR) is 103 cm³/mol. The fraction of sp³-hybridized carbons (Fsp3) is 0.429. The molecular weight excluding hydrogens is 294 g/mol. The van der Waals surface area contributed by atoms with Gasteiger partial charge >= 0.3 is 0 Å². The number of piperazine rings is 1. The molecule has 24 heavy (non-hydrogen) atoms. The SMILES string of the molecule is Cc1cccc(N2CCN(C(CN)CCc3ccccc3)CC2)c1. The number of aryl methyl sites for hydroxylation is 2. The molecule has 3 rings (SSSR count). The molecule has 3 heteroatoms. The Morgan fingerprint density at radius 2 is 1.71 bits per heavy atom. The summed E-state index contributed by atoms with van der Waals surface area (Å²) in [7, 11) is 0. The van der Waals surface area contributed by atoms with Gasteiger partial charge in [-0.2, -0.15) is 0 Å². The van der Waals surface area contributed by atoms with Crippen LogP contribution in [0.3, 0.4) is 0 Å². The van der Waals surface area contributed by atoms with Crippen LogP contribution in [0.1, 0.15) is 17.5 Å². The third kappa shape index (κ3) is 4.37. The Bertz CT molecular complexity index is 618. The Kier molecular flexibility index (Phi) is 5.89. The summed E-state index contributed by atoms with van der Waals surface area (Å²) in [4.78, 5) is 5.07. The maximum Gasteiger partial charge on any atom is 0.0369 e. The van der Waals surface area contributed by atoms with Crippen molar-refractivity contribution in [2.45, 2.75) is 25.8 Å². The number of hydrogen-bond acceptors (Lipinski definition) is 3. The monoisotopic (exact) mass is 323 g/mol. The Balaban J connectivity index is 1.52. The molecule has 0 radical (unpaired) electrons. The average molecular weight is 323 g/mol. The van der Waals surface area contributed by atoms with Crippen molar-refractivity contribution in [3.8, 4) is 0 Å². The Labute approximate surface area is 146 Å². The first-order chi connectivity index (χ1) is 11.8. The normalized spacial score (nSPS) is 17.0. The van der Waals surface area contributed by atoms with Gasteiger partial charge in [0.2, 0.25) is 0 Å². The molecule has 1 saturated heterocycles. The van der Waals surface area contributed by atoms with Gasteiger partial charge in [0, 0.05) is 44.5 Å². The molecule has 1 fully saturated rings. The van der Waals surface area contributed by atoms with Crippen molar-refractivity contribution in [3.63, 3.8) is 0 Å². The molecule has 0 saturated carbocycles. The topological polar surface area (TPSA) is 32.5 Å². The molecule has 2 N–H and O–H groups in total. The standard InChI is InChI=1S/C21H29N3/c1-18-6-5-9-20(16-18)23-12-14-24(15-13-23)21(17-22)11-10-19-7-3-2-4-8-19/h2-9,16,21H,10-15,17,22H2,1H3. The van der Waals surface area contributed by atoms with E-state index in [1.807, 2.05) is 0 Å². The fourth-order valence-electron chi connectivity index (χ4n) is 3.60. The van der Waals surface area contributed by atoms with Crippen LogP contribution in [0.25, 0.3) is 0 Å². The minimum atomic E-state index is 0.491. The molecule has 1 aliphatic heterocycles. The zero-order chi connectivity index (χ0) is 16.8. The maximum atomic E-state index is 6.08. The molecule has 1 unspecified atom stereocenters. The minimum Gasteiger partial charge on any atom is -0.369 e. The van der Waals surface area contributed by atoms with Gasteiger partial charge < -0.3 is 10.6 Å². The lowest BCUT2D eigenvalue weighted by molar-refractivity contribution is 0.180. The van der Waals surface area contributed by atoms with Crippen molar-refractivity contribution >= 4 is 5.69 Å². The molecule has 0 spiro atoms. The van der Waals surface area contributed by atoms with Crippen molar-refractivity contribution in [1.82, 2.24) is 4.90 Å². The second-order valence-corrected chi connectivity index (χ2v) is 6.78. The van der Waals surface area contributed by atoms with E-state index in [0.29, 0.717) is 6.04 Å². The zero-order valence-electron chi connectivity index (χ0n) is 14.7. The van der Waals surface area contributed by atoms with Crippen molar-refractivity contribution in [2.24, 2.45) is 5.73 Å². The molecule has 1 atom stereocenters. The van der Waals surface area contributed by atoms with Gasteiger partial charge in [0.05, 0.1) is 0 Å². The Morgan fingerprint density at radius 1 is 0.958 bits per heavy atom. The van der Waals surface area contributed by atoms with Crippen LogP contribution in [-0.2, 0) is 6.42 Å². The van der Waals surface area contributed by atoms with Crippen molar-refractivity contribution in [2.75, 3.05) is 37.6 Å². The Hall–Kier alpha value is -1.84. The van der Waals surface area contributed by atoms with Crippen molar-refractivity contribution in [1.29, 1.82) is 0 Å². The first kappa shape index (κ1) is 17.0. The number of rotatable bonds is 6. The summed E-state index contributed by atoms with van der Waals surface area (Å²) in [5, 5.41) is 0. The number of anilines is 1. The van der Waals surface area contributed by atoms with E-state index in [0.717, 1.165) is 45.6 Å². The highest BCUT2D eigenvalue weighted by molar-refractivity contribution is 5.48. The maximum absolute atomic E-state index is 6.08. The molecule has 2 aromatic rings. The number of nitrogens with zero attached hydrogens (tertiary/aromatic N) is 2. The van der Waals surface area contributed by atoms with Crippen LogP contribution < -0.4 is 10.6 Å². The number of benzene rings is 2. The highest BCUT2D eigenvalue weighted by Gasteiger charge is 2.23. The highest BCUT2D eigenvalue weighted by atomic mass is 15.3. The third-order valence-corrected chi connectivity index (χ3v) is 5.08. The largest absolute Gasteiger partial charge is 0.369 e. The Morgan fingerprint density at radius 3 is 2.38 bits per heavy atom. The minimum absolute atomic E-state index is 0.491. The van der Waals surface area contributed by atoms with Crippen molar-refractivity contribution in [3.05, 3.63) is 65.7 Å². The third-order valence-electron chi connectivity index (χ3n) is 5.08. The molecule has 0 aliphatic carbocycles. The first-order valence-electron chi connectivity index (χ1n) is 9.06. The number of nitrogens with two attached hydrogens (primary N) is 1. The van der Waals surface area contributed by atoms with Crippen LogP contribution in [-0.4, -0.2) is 43.7 Å². The van der Waals surface area contributed by atoms with Gasteiger partial charge in [0.15, 0.2) is 0 Å². The second kappa shape index (κ2) is 8.32. The smallest absolute Gasteiger partial charge is 0.0369 e. The first-order valence-corrected chi connectivity index (χ1v) is 9.06. The van der Waals surface area contributed by atoms with E-state index in [4.69, 9.17) is 5.73 Å². The number of hydrogen-bond donors (Lipinski definition) is 1. The van der Waals surface area contributed by atoms with E-state index in [2.05, 4.69) is 71.3 Å². The van der Waals surface area contributed by atoms with Gasteiger partial charge in [-0.15, -0.1) is 0 Å². The summed E-state index contributed by atoms with van der Waals surface area (Å²) in [6.45, 7) is 7.29. The fourth-order valence-corrected chi connectivity index (χ4v) is 3.60. The van der Waals surface area contributed by atoms with Gasteiger partial charge in [0.25, 0.3) is 0 Å². The lowest BCUT2D eigenvalue weighted by Crippen LogP contribution is -2.52. The lowest BCUT2D eigenvalue weighted by atomic mass is 10.0. The van der Waals surface area contributed by atoms with Gasteiger partial charge in [-0.1, -0.05) is 42.5 Å². The van der Waals surface area contributed by atoms with Crippen LogP contribution in [0.5, 0.6) is 0 Å². The van der Waals surface area contributed by atoms with Crippen LogP contribution in [0.2, 0.25) is 0 Å². The van der Waals surface area contributed by atoms with Gasteiger partial charge in [-0.25, -0.2) is 0 Å². The summed E-state index contributed by atoms with van der Waals surface area (Å²) in [6, 6.07) is 20.0. The molecule has 0 amide bonds. The van der Waals surface area contributed by atoms with E-state index in [1.165, 1.54) is 16.8 Å². The molecule has 0 bridgehead atoms. The van der Waals surface area contributed by atoms with E-state index >= 15 is 0 Å². The summed E-state index contributed by atoms with van der Waals surface area (Å²) < 4.78 is 0. The highest BCUT2D eigenvalue weighted by Crippen LogP contribution is 2.19. The van der Waals surface area contributed by atoms with Crippen LogP contribution in [0, 0.1) is 6.92 Å². The summed E-state index contributed by atoms with van der Waals surface area (Å²) >= 11 is 0. The van der Waals surface area contributed by atoms with Crippen LogP contribution >= 0.6 is 0 Å². The molecule has 128 valence electrons. The molecule has 0 aromatic heterocycles. The molecule has 1 heterocycles. The molecule has 3 nitrogen and oxygen atoms in total. The molecular formula is C21H29N3. The van der Waals surface area contributed by atoms with Gasteiger partial charge in [-0.3, -0.25) is 4.90 Å². The van der Waals surface area contributed by atoms with Crippen LogP contribution in [0.15, 0.2) is 54.6 Å². The van der Waals surface area contributed by atoms with Gasteiger partial charge in [0.1, 0.15) is 0 Å². The van der Waals surface area contributed by atoms with Crippen LogP contribution in [0.4, 0.5) is 5.69 Å². The van der Waals surface area contributed by atoms with E-state index in [1.54, 1.807) is 0 Å².